The van der Waals surface area contributed by atoms with E-state index in [1.54, 1.807) is 6.07 Å². The minimum absolute atomic E-state index is 0.347. The van der Waals surface area contributed by atoms with E-state index in [1.165, 1.54) is 18.4 Å². The Morgan fingerprint density at radius 3 is 3.13 bits per heavy atom. The van der Waals surface area contributed by atoms with Crippen molar-refractivity contribution in [3.63, 3.8) is 0 Å². The predicted molar refractivity (Wildman–Crippen MR) is 59.9 cm³/mol. The number of ether oxygens (including phenoxy) is 1. The van der Waals surface area contributed by atoms with E-state index in [0.29, 0.717) is 18.5 Å². The third-order valence-electron chi connectivity index (χ3n) is 3.04. The quantitative estimate of drug-likeness (QED) is 0.823. The number of rotatable bonds is 3. The second kappa shape index (κ2) is 4.67. The van der Waals surface area contributed by atoms with Crippen LogP contribution in [0.25, 0.3) is 0 Å². The summed E-state index contributed by atoms with van der Waals surface area (Å²) >= 11 is 0. The fraction of sp³-hybridized carbons (Fsp3) is 0.538. The Hall–Kier alpha value is -1.02. The third-order valence-corrected chi connectivity index (χ3v) is 3.04. The Morgan fingerprint density at radius 2 is 2.33 bits per heavy atom. The second-order valence-electron chi connectivity index (χ2n) is 4.19. The van der Waals surface area contributed by atoms with E-state index in [4.69, 9.17) is 4.74 Å². The lowest BCUT2D eigenvalue weighted by Gasteiger charge is -2.25. The van der Waals surface area contributed by atoms with Crippen molar-refractivity contribution in [3.8, 4) is 5.75 Å². The minimum atomic E-state index is 0.347. The minimum Gasteiger partial charge on any atom is -0.508 e. The first kappa shape index (κ1) is 10.5. The fourth-order valence-electron chi connectivity index (χ4n) is 2.10. The molecule has 1 aromatic rings. The van der Waals surface area contributed by atoms with Gasteiger partial charge in [-0.2, -0.15) is 0 Å². The summed E-state index contributed by atoms with van der Waals surface area (Å²) in [5, 5.41) is 9.64. The van der Waals surface area contributed by atoms with Crippen LogP contribution in [0.5, 0.6) is 5.75 Å². The normalized spacial score (nSPS) is 19.9. The molecule has 1 aliphatic heterocycles. The number of fused-ring (bicyclic) bond motifs is 1. The number of phenolic OH excluding ortho intramolecular Hbond substituents is 1. The van der Waals surface area contributed by atoms with Gasteiger partial charge in [-0.3, -0.25) is 0 Å². The summed E-state index contributed by atoms with van der Waals surface area (Å²) in [5.74, 6) is 0.376. The fourth-order valence-corrected chi connectivity index (χ4v) is 2.10. The van der Waals surface area contributed by atoms with Crippen LogP contribution in [0, 0.1) is 0 Å². The first-order chi connectivity index (χ1) is 7.31. The Labute approximate surface area is 90.9 Å². The van der Waals surface area contributed by atoms with E-state index in [9.17, 15) is 5.11 Å². The molecular formula is C13H18O2. The zero-order chi connectivity index (χ0) is 10.7. The highest BCUT2D eigenvalue weighted by Gasteiger charge is 2.20. The van der Waals surface area contributed by atoms with E-state index in [0.717, 1.165) is 18.4 Å². The zero-order valence-corrected chi connectivity index (χ0v) is 9.20. The van der Waals surface area contributed by atoms with Crippen molar-refractivity contribution in [1.29, 1.82) is 0 Å². The molecule has 0 amide bonds. The van der Waals surface area contributed by atoms with Crippen LogP contribution in [0.2, 0.25) is 0 Å². The molecule has 2 heteroatoms. The van der Waals surface area contributed by atoms with Gasteiger partial charge in [0.05, 0.1) is 12.7 Å². The third kappa shape index (κ3) is 2.32. The number of hydrogen-bond donors (Lipinski definition) is 1. The highest BCUT2D eigenvalue weighted by molar-refractivity contribution is 5.40. The first-order valence-corrected chi connectivity index (χ1v) is 5.72. The van der Waals surface area contributed by atoms with Gasteiger partial charge in [-0.05, 0) is 24.5 Å². The van der Waals surface area contributed by atoms with Gasteiger partial charge in [0, 0.05) is 5.56 Å². The molecule has 82 valence electrons. The summed E-state index contributed by atoms with van der Waals surface area (Å²) in [6.45, 7) is 2.76. The van der Waals surface area contributed by atoms with Crippen molar-refractivity contribution in [3.05, 3.63) is 29.3 Å². The summed E-state index contributed by atoms with van der Waals surface area (Å²) in [5.41, 5.74) is 2.23. The number of unbranched alkanes of at least 4 members (excludes halogenated alkanes) is 1. The van der Waals surface area contributed by atoms with E-state index < -0.39 is 0 Å². The van der Waals surface area contributed by atoms with Gasteiger partial charge in [0.15, 0.2) is 0 Å². The topological polar surface area (TPSA) is 29.5 Å². The largest absolute Gasteiger partial charge is 0.508 e. The van der Waals surface area contributed by atoms with Crippen molar-refractivity contribution in [2.45, 2.75) is 45.3 Å². The summed E-state index contributed by atoms with van der Waals surface area (Å²) in [6.07, 6.45) is 4.86. The van der Waals surface area contributed by atoms with Crippen LogP contribution >= 0.6 is 0 Å². The van der Waals surface area contributed by atoms with Crippen LogP contribution in [0.3, 0.4) is 0 Å². The molecule has 1 N–H and O–H groups in total. The molecule has 2 nitrogen and oxygen atoms in total. The van der Waals surface area contributed by atoms with Gasteiger partial charge < -0.3 is 9.84 Å². The average molecular weight is 206 g/mol. The molecule has 0 aromatic heterocycles. The molecule has 0 bridgehead atoms. The molecule has 1 atom stereocenters. The maximum atomic E-state index is 9.64. The monoisotopic (exact) mass is 206 g/mol. The molecule has 0 radical (unpaired) electrons. The lowest BCUT2D eigenvalue weighted by Crippen LogP contribution is -2.22. The van der Waals surface area contributed by atoms with Crippen molar-refractivity contribution in [2.75, 3.05) is 0 Å². The molecule has 1 heterocycles. The maximum Gasteiger partial charge on any atom is 0.121 e. The summed E-state index contributed by atoms with van der Waals surface area (Å²) in [4.78, 5) is 0. The Balaban J connectivity index is 2.07. The molecular weight excluding hydrogens is 188 g/mol. The van der Waals surface area contributed by atoms with Crippen LogP contribution in [-0.4, -0.2) is 11.2 Å². The van der Waals surface area contributed by atoms with E-state index in [1.807, 2.05) is 6.07 Å². The number of hydrogen-bond acceptors (Lipinski definition) is 2. The van der Waals surface area contributed by atoms with E-state index in [-0.39, 0.29) is 0 Å². The van der Waals surface area contributed by atoms with Gasteiger partial charge >= 0.3 is 0 Å². The van der Waals surface area contributed by atoms with Crippen molar-refractivity contribution >= 4 is 0 Å². The summed E-state index contributed by atoms with van der Waals surface area (Å²) < 4.78 is 5.73. The standard InChI is InChI=1S/C13H18O2/c1-2-3-6-11-8-10-5-4-7-13(14)12(10)9-15-11/h4-5,7,11,14H,2-3,6,8-9H2,1H3/t11-/m0/s1. The van der Waals surface area contributed by atoms with Crippen LogP contribution in [0.4, 0.5) is 0 Å². The Kier molecular flexibility index (Phi) is 3.27. The van der Waals surface area contributed by atoms with Gasteiger partial charge in [0.2, 0.25) is 0 Å². The molecule has 0 unspecified atom stereocenters. The molecule has 1 aromatic carbocycles. The molecule has 2 rings (SSSR count). The van der Waals surface area contributed by atoms with Crippen LogP contribution in [0.1, 0.15) is 37.3 Å². The van der Waals surface area contributed by atoms with Crippen molar-refractivity contribution in [1.82, 2.24) is 0 Å². The lowest BCUT2D eigenvalue weighted by atomic mass is 9.96. The van der Waals surface area contributed by atoms with E-state index >= 15 is 0 Å². The molecule has 15 heavy (non-hydrogen) atoms. The second-order valence-corrected chi connectivity index (χ2v) is 4.19. The zero-order valence-electron chi connectivity index (χ0n) is 9.20. The van der Waals surface area contributed by atoms with Crippen LogP contribution in [-0.2, 0) is 17.8 Å². The Bertz CT molecular complexity index is 333. The smallest absolute Gasteiger partial charge is 0.121 e. The maximum absolute atomic E-state index is 9.64. The molecule has 0 fully saturated rings. The highest BCUT2D eigenvalue weighted by atomic mass is 16.5. The van der Waals surface area contributed by atoms with Gasteiger partial charge in [-0.1, -0.05) is 31.9 Å². The summed E-state index contributed by atoms with van der Waals surface area (Å²) in [7, 11) is 0. The molecule has 0 saturated heterocycles. The van der Waals surface area contributed by atoms with Crippen molar-refractivity contribution in [2.24, 2.45) is 0 Å². The van der Waals surface area contributed by atoms with Crippen LogP contribution < -0.4 is 0 Å². The molecule has 0 aliphatic carbocycles. The van der Waals surface area contributed by atoms with Gasteiger partial charge in [-0.25, -0.2) is 0 Å². The van der Waals surface area contributed by atoms with E-state index in [2.05, 4.69) is 13.0 Å². The molecule has 1 aliphatic rings. The Morgan fingerprint density at radius 1 is 1.47 bits per heavy atom. The van der Waals surface area contributed by atoms with Gasteiger partial charge in [0.25, 0.3) is 0 Å². The number of benzene rings is 1. The lowest BCUT2D eigenvalue weighted by molar-refractivity contribution is 0.0208. The first-order valence-electron chi connectivity index (χ1n) is 5.72. The molecule has 0 spiro atoms. The van der Waals surface area contributed by atoms with Crippen molar-refractivity contribution < 1.29 is 9.84 Å². The molecule has 0 saturated carbocycles. The number of aromatic hydroxyl groups is 1. The SMILES string of the molecule is CCCC[C@H]1Cc2cccc(O)c2CO1. The van der Waals surface area contributed by atoms with Crippen LogP contribution in [0.15, 0.2) is 18.2 Å². The average Bonchev–Trinajstić information content (AvgIpc) is 2.26. The highest BCUT2D eigenvalue weighted by Crippen LogP contribution is 2.29. The predicted octanol–water partition coefficient (Wildman–Crippen LogP) is 3.02. The van der Waals surface area contributed by atoms with Gasteiger partial charge in [0.1, 0.15) is 5.75 Å². The number of phenols is 1. The van der Waals surface area contributed by atoms with Gasteiger partial charge in [-0.15, -0.1) is 0 Å². The summed E-state index contributed by atoms with van der Waals surface area (Å²) in [6, 6.07) is 5.74.